The summed E-state index contributed by atoms with van der Waals surface area (Å²) in [7, 11) is -2.66. The molecule has 0 amide bonds. The summed E-state index contributed by atoms with van der Waals surface area (Å²) in [6.45, 7) is 24.0. The van der Waals surface area contributed by atoms with E-state index in [1.54, 1.807) is 10.4 Å². The van der Waals surface area contributed by atoms with Crippen molar-refractivity contribution in [2.24, 2.45) is 0 Å². The largest absolute Gasteiger partial charge is 2.00 e. The minimum absolute atomic E-state index is 0. The van der Waals surface area contributed by atoms with Crippen molar-refractivity contribution in [2.75, 3.05) is 26.2 Å². The molecule has 2 heterocycles. The molecule has 0 aromatic heterocycles. The topological polar surface area (TPSA) is 6.48 Å². The summed E-state index contributed by atoms with van der Waals surface area (Å²) >= 11 is 0. The number of allylic oxidation sites excluding steroid dienone is 8. The average molecular weight is 562 g/mol. The van der Waals surface area contributed by atoms with Gasteiger partial charge in [0.05, 0.1) is 0 Å². The Balaban J connectivity index is 0.000000278. The van der Waals surface area contributed by atoms with E-state index in [-0.39, 0.29) is 26.2 Å². The second kappa shape index (κ2) is 14.7. The molecule has 2 saturated heterocycles. The second-order valence-electron chi connectivity index (χ2n) is 10.8. The molecule has 33 heavy (non-hydrogen) atoms. The molecule has 2 aliphatic heterocycles. The van der Waals surface area contributed by atoms with Crippen molar-refractivity contribution < 1.29 is 26.2 Å². The van der Waals surface area contributed by atoms with Gasteiger partial charge in [-0.1, -0.05) is 52.9 Å². The molecular weight excluding hydrogens is 512 g/mol. The van der Waals surface area contributed by atoms with Crippen molar-refractivity contribution >= 4 is 16.5 Å². The number of hydrogen-bond acceptors (Lipinski definition) is 2. The molecule has 5 heteroatoms. The summed E-state index contributed by atoms with van der Waals surface area (Å²) in [4.78, 5) is 0. The van der Waals surface area contributed by atoms with Gasteiger partial charge in [-0.15, -0.1) is 26.7 Å². The summed E-state index contributed by atoms with van der Waals surface area (Å²) < 4.78 is 5.47. The number of nitrogens with zero attached hydrogens (tertiary/aromatic N) is 2. The summed E-state index contributed by atoms with van der Waals surface area (Å²) in [5.41, 5.74) is 2.99. The number of unbranched alkanes of at least 4 members (excludes halogenated alkanes) is 1. The molecule has 2 nitrogen and oxygen atoms in total. The second-order valence-corrected chi connectivity index (χ2v) is 19.3. The van der Waals surface area contributed by atoms with Gasteiger partial charge >= 0.3 is 26.2 Å². The molecule has 0 atom stereocenters. The third kappa shape index (κ3) is 8.38. The molecule has 4 rings (SSSR count). The standard InChI is InChI=1S/2C12H20NSi.C4H10.Zr/c2*1-11-7-6-8-12(11)14(2,3)13-9-4-5-10-13;1-3-4-2;/h2*7H,4-6,9-10H2,1-3H3;3-4H2,1-2H3;/q2*-1;;+2. The normalized spacial score (nSPS) is 21.2. The molecule has 0 radical (unpaired) electrons. The van der Waals surface area contributed by atoms with Crippen molar-refractivity contribution in [3.63, 3.8) is 0 Å². The van der Waals surface area contributed by atoms with Gasteiger partial charge in [0.25, 0.3) is 0 Å². The van der Waals surface area contributed by atoms with E-state index in [1.807, 2.05) is 0 Å². The first-order valence-corrected chi connectivity index (χ1v) is 19.1. The molecular formula is C28H50N2Si2Zr. The Bertz CT molecular complexity index is 660. The Labute approximate surface area is 228 Å². The zero-order chi connectivity index (χ0) is 23.8. The molecule has 0 aromatic carbocycles. The van der Waals surface area contributed by atoms with Gasteiger partial charge in [0, 0.05) is 0 Å². The van der Waals surface area contributed by atoms with Gasteiger partial charge in [-0.05, 0) is 51.9 Å². The summed E-state index contributed by atoms with van der Waals surface area (Å²) in [6.07, 6.45) is 22.1. The van der Waals surface area contributed by atoms with Crippen LogP contribution in [0, 0.1) is 12.2 Å². The van der Waals surface area contributed by atoms with Crippen molar-refractivity contribution in [2.45, 2.75) is 105 Å². The van der Waals surface area contributed by atoms with E-state index in [2.05, 4.69) is 87.3 Å². The van der Waals surface area contributed by atoms with E-state index < -0.39 is 16.5 Å². The fourth-order valence-corrected chi connectivity index (χ4v) is 12.1. The molecule has 2 fully saturated rings. The molecule has 0 aromatic rings. The third-order valence-electron chi connectivity index (χ3n) is 7.68. The van der Waals surface area contributed by atoms with Crippen LogP contribution in [0.15, 0.2) is 33.7 Å². The van der Waals surface area contributed by atoms with Crippen LogP contribution in [0.25, 0.3) is 0 Å². The zero-order valence-corrected chi connectivity index (χ0v) is 27.5. The summed E-state index contributed by atoms with van der Waals surface area (Å²) in [5.74, 6) is 0. The predicted octanol–water partition coefficient (Wildman–Crippen LogP) is 7.62. The van der Waals surface area contributed by atoms with E-state index in [0.717, 1.165) is 12.8 Å². The smallest absolute Gasteiger partial charge is 0.322 e. The number of rotatable bonds is 5. The maximum Gasteiger partial charge on any atom is 2.00 e. The Morgan fingerprint density at radius 3 is 1.18 bits per heavy atom. The maximum absolute atomic E-state index is 3.57. The van der Waals surface area contributed by atoms with Crippen molar-refractivity contribution in [1.82, 2.24) is 9.13 Å². The molecule has 4 aliphatic rings. The van der Waals surface area contributed by atoms with Crippen LogP contribution in [0.4, 0.5) is 0 Å². The van der Waals surface area contributed by atoms with Crippen LogP contribution in [-0.2, 0) is 26.2 Å². The van der Waals surface area contributed by atoms with Crippen molar-refractivity contribution in [3.05, 3.63) is 45.8 Å². The quantitative estimate of drug-likeness (QED) is 0.252. The van der Waals surface area contributed by atoms with Crippen LogP contribution < -0.4 is 0 Å². The fourth-order valence-electron chi connectivity index (χ4n) is 5.36. The Hall–Kier alpha value is 0.197. The van der Waals surface area contributed by atoms with E-state index >= 15 is 0 Å². The fraction of sp³-hybridized carbons (Fsp3) is 0.714. The zero-order valence-electron chi connectivity index (χ0n) is 23.0. The van der Waals surface area contributed by atoms with Gasteiger partial charge in [0.15, 0.2) is 0 Å². The van der Waals surface area contributed by atoms with Gasteiger partial charge in [0.1, 0.15) is 16.5 Å². The molecule has 0 spiro atoms. The first-order valence-electron chi connectivity index (χ1n) is 13.2. The monoisotopic (exact) mass is 560 g/mol. The van der Waals surface area contributed by atoms with E-state index in [9.17, 15) is 0 Å². The van der Waals surface area contributed by atoms with Crippen molar-refractivity contribution in [3.8, 4) is 0 Å². The first kappa shape index (κ1) is 31.2. The Morgan fingerprint density at radius 1 is 0.667 bits per heavy atom. The first-order chi connectivity index (χ1) is 15.2. The van der Waals surface area contributed by atoms with E-state index in [4.69, 9.17) is 0 Å². The van der Waals surface area contributed by atoms with Crippen LogP contribution >= 0.6 is 0 Å². The molecule has 0 unspecified atom stereocenters. The minimum atomic E-state index is -1.33. The van der Waals surface area contributed by atoms with Gasteiger partial charge < -0.3 is 9.13 Å². The maximum atomic E-state index is 3.57. The Morgan fingerprint density at radius 2 is 0.970 bits per heavy atom. The molecule has 0 saturated carbocycles. The summed E-state index contributed by atoms with van der Waals surface area (Å²) in [5, 5.41) is 3.14. The molecule has 0 N–H and O–H groups in total. The third-order valence-corrected chi connectivity index (χ3v) is 15.3. The Kier molecular flexibility index (Phi) is 13.9. The number of hydrogen-bond donors (Lipinski definition) is 0. The molecule has 2 aliphatic carbocycles. The van der Waals surface area contributed by atoms with Crippen LogP contribution in [0.3, 0.4) is 0 Å². The summed E-state index contributed by atoms with van der Waals surface area (Å²) in [6, 6.07) is 0. The van der Waals surface area contributed by atoms with E-state index in [0.29, 0.717) is 0 Å². The minimum Gasteiger partial charge on any atom is -0.322 e. The van der Waals surface area contributed by atoms with Crippen LogP contribution in [0.5, 0.6) is 0 Å². The van der Waals surface area contributed by atoms with Crippen LogP contribution in [0.2, 0.25) is 26.2 Å². The SMILES string of the molecule is CC1=CC[C-]=C1[Si](C)(C)N1CCCC1.CC1=CC[C-]=C1[Si](C)(C)N1CCCC1.CCCC.[Zr+2]. The van der Waals surface area contributed by atoms with Crippen LogP contribution in [-0.4, -0.2) is 51.8 Å². The predicted molar refractivity (Wildman–Crippen MR) is 147 cm³/mol. The van der Waals surface area contributed by atoms with E-state index in [1.165, 1.54) is 75.9 Å². The van der Waals surface area contributed by atoms with Gasteiger partial charge in [-0.3, -0.25) is 12.2 Å². The average Bonchev–Trinajstić information content (AvgIpc) is 3.56. The molecule has 184 valence electrons. The van der Waals surface area contributed by atoms with Crippen LogP contribution in [0.1, 0.15) is 79.1 Å². The van der Waals surface area contributed by atoms with Gasteiger partial charge in [-0.2, -0.15) is 12.2 Å². The van der Waals surface area contributed by atoms with Crippen molar-refractivity contribution in [1.29, 1.82) is 0 Å². The van der Waals surface area contributed by atoms with Gasteiger partial charge in [0.2, 0.25) is 0 Å². The van der Waals surface area contributed by atoms with Gasteiger partial charge in [-0.25, -0.2) is 21.5 Å². The molecule has 0 bridgehead atoms.